The second-order valence-corrected chi connectivity index (χ2v) is 7.17. The molecule has 0 atom stereocenters. The maximum atomic E-state index is 6.11. The number of likely N-dealkylation sites (N-methyl/N-ethyl adjacent to an activating group) is 1. The van der Waals surface area contributed by atoms with Crippen molar-refractivity contribution in [3.05, 3.63) is 24.2 Å². The standard InChI is InChI=1S/C18H27N5O/c1-21-9-11-22(12-10-21)13-16-7-8-17(24-16)18-19-14-20-23(18)15-5-3-2-4-6-15/h7-8,14-15H,2-6,9-13H2,1H3. The second kappa shape index (κ2) is 7.07. The summed E-state index contributed by atoms with van der Waals surface area (Å²) in [5, 5.41) is 4.48. The second-order valence-electron chi connectivity index (χ2n) is 7.17. The molecular weight excluding hydrogens is 302 g/mol. The fraction of sp³-hybridized carbons (Fsp3) is 0.667. The summed E-state index contributed by atoms with van der Waals surface area (Å²) >= 11 is 0. The van der Waals surface area contributed by atoms with Gasteiger partial charge in [0, 0.05) is 26.2 Å². The molecular formula is C18H27N5O. The van der Waals surface area contributed by atoms with Crippen molar-refractivity contribution in [2.24, 2.45) is 0 Å². The summed E-state index contributed by atoms with van der Waals surface area (Å²) in [6.07, 6.45) is 7.98. The first-order valence-corrected chi connectivity index (χ1v) is 9.19. The van der Waals surface area contributed by atoms with E-state index in [0.29, 0.717) is 6.04 Å². The summed E-state index contributed by atoms with van der Waals surface area (Å²) < 4.78 is 8.19. The van der Waals surface area contributed by atoms with Gasteiger partial charge in [0.05, 0.1) is 12.6 Å². The maximum absolute atomic E-state index is 6.11. The van der Waals surface area contributed by atoms with Crippen LogP contribution in [-0.4, -0.2) is 57.8 Å². The molecule has 3 heterocycles. The Hall–Kier alpha value is -1.66. The SMILES string of the molecule is CN1CCN(Cc2ccc(-c3ncnn3C3CCCCC3)o2)CC1. The van der Waals surface area contributed by atoms with E-state index in [9.17, 15) is 0 Å². The Kier molecular flexibility index (Phi) is 4.67. The highest BCUT2D eigenvalue weighted by molar-refractivity contribution is 5.47. The lowest BCUT2D eigenvalue weighted by atomic mass is 9.95. The lowest BCUT2D eigenvalue weighted by Gasteiger charge is -2.31. The number of aromatic nitrogens is 3. The number of hydrogen-bond donors (Lipinski definition) is 0. The fourth-order valence-electron chi connectivity index (χ4n) is 3.83. The molecule has 6 heteroatoms. The Morgan fingerprint density at radius 2 is 1.88 bits per heavy atom. The summed E-state index contributed by atoms with van der Waals surface area (Å²) in [7, 11) is 2.18. The molecule has 0 spiro atoms. The fourth-order valence-corrected chi connectivity index (χ4v) is 3.83. The number of furan rings is 1. The minimum absolute atomic E-state index is 0.474. The summed E-state index contributed by atoms with van der Waals surface area (Å²) in [5.74, 6) is 2.75. The van der Waals surface area contributed by atoms with Crippen LogP contribution in [0.5, 0.6) is 0 Å². The van der Waals surface area contributed by atoms with E-state index in [4.69, 9.17) is 4.42 Å². The normalized spacial score (nSPS) is 21.4. The van der Waals surface area contributed by atoms with Crippen LogP contribution in [0.15, 0.2) is 22.9 Å². The third-order valence-corrected chi connectivity index (χ3v) is 5.35. The highest BCUT2D eigenvalue weighted by Gasteiger charge is 2.22. The van der Waals surface area contributed by atoms with Gasteiger partial charge in [0.25, 0.3) is 0 Å². The molecule has 2 fully saturated rings. The Balaban J connectivity index is 1.46. The zero-order chi connectivity index (χ0) is 16.4. The highest BCUT2D eigenvalue weighted by Crippen LogP contribution is 2.31. The Morgan fingerprint density at radius 1 is 1.08 bits per heavy atom. The van der Waals surface area contributed by atoms with Gasteiger partial charge < -0.3 is 9.32 Å². The average Bonchev–Trinajstić information content (AvgIpc) is 3.27. The van der Waals surface area contributed by atoms with Crippen molar-refractivity contribution in [2.45, 2.75) is 44.7 Å². The molecule has 0 radical (unpaired) electrons. The quantitative estimate of drug-likeness (QED) is 0.863. The van der Waals surface area contributed by atoms with Gasteiger partial charge in [-0.25, -0.2) is 9.67 Å². The van der Waals surface area contributed by atoms with Crippen LogP contribution in [0.25, 0.3) is 11.6 Å². The van der Waals surface area contributed by atoms with E-state index in [1.807, 2.05) is 0 Å². The van der Waals surface area contributed by atoms with Crippen molar-refractivity contribution in [3.8, 4) is 11.6 Å². The summed E-state index contributed by atoms with van der Waals surface area (Å²) in [6.45, 7) is 5.34. The molecule has 0 amide bonds. The lowest BCUT2D eigenvalue weighted by Crippen LogP contribution is -2.43. The van der Waals surface area contributed by atoms with Crippen molar-refractivity contribution in [1.29, 1.82) is 0 Å². The van der Waals surface area contributed by atoms with Crippen molar-refractivity contribution in [2.75, 3.05) is 33.2 Å². The van der Waals surface area contributed by atoms with E-state index < -0.39 is 0 Å². The smallest absolute Gasteiger partial charge is 0.194 e. The van der Waals surface area contributed by atoms with Crippen LogP contribution in [0.1, 0.15) is 43.9 Å². The summed E-state index contributed by atoms with van der Waals surface area (Å²) in [5.41, 5.74) is 0. The van der Waals surface area contributed by atoms with Gasteiger partial charge in [-0.2, -0.15) is 5.10 Å². The minimum atomic E-state index is 0.474. The molecule has 1 aliphatic heterocycles. The van der Waals surface area contributed by atoms with E-state index in [2.05, 4.69) is 43.7 Å². The van der Waals surface area contributed by atoms with Crippen LogP contribution in [0.3, 0.4) is 0 Å². The Labute approximate surface area is 143 Å². The first-order valence-electron chi connectivity index (χ1n) is 9.19. The van der Waals surface area contributed by atoms with Gasteiger partial charge in [-0.15, -0.1) is 0 Å². The minimum Gasteiger partial charge on any atom is -0.456 e. The maximum Gasteiger partial charge on any atom is 0.194 e. The first-order chi connectivity index (χ1) is 11.8. The topological polar surface area (TPSA) is 50.3 Å². The molecule has 2 aromatic heterocycles. The molecule has 4 rings (SSSR count). The molecule has 2 aliphatic rings. The predicted octanol–water partition coefficient (Wildman–Crippen LogP) is 2.79. The van der Waals surface area contributed by atoms with Gasteiger partial charge in [-0.1, -0.05) is 19.3 Å². The van der Waals surface area contributed by atoms with Gasteiger partial charge in [0.2, 0.25) is 0 Å². The van der Waals surface area contributed by atoms with E-state index in [0.717, 1.165) is 50.1 Å². The summed E-state index contributed by atoms with van der Waals surface area (Å²) in [4.78, 5) is 9.29. The molecule has 2 aromatic rings. The van der Waals surface area contributed by atoms with Crippen molar-refractivity contribution < 1.29 is 4.42 Å². The molecule has 0 N–H and O–H groups in total. The van der Waals surface area contributed by atoms with Crippen molar-refractivity contribution in [3.63, 3.8) is 0 Å². The molecule has 1 saturated heterocycles. The molecule has 1 aliphatic carbocycles. The van der Waals surface area contributed by atoms with Gasteiger partial charge in [0.15, 0.2) is 11.6 Å². The summed E-state index contributed by atoms with van der Waals surface area (Å²) in [6, 6.07) is 4.62. The van der Waals surface area contributed by atoms with Crippen LogP contribution in [0.2, 0.25) is 0 Å². The van der Waals surface area contributed by atoms with Crippen LogP contribution in [0, 0.1) is 0 Å². The van der Waals surface area contributed by atoms with Crippen LogP contribution >= 0.6 is 0 Å². The Morgan fingerprint density at radius 3 is 2.67 bits per heavy atom. The van der Waals surface area contributed by atoms with Crippen LogP contribution in [-0.2, 0) is 6.54 Å². The van der Waals surface area contributed by atoms with E-state index in [1.54, 1.807) is 6.33 Å². The van der Waals surface area contributed by atoms with E-state index in [1.165, 1.54) is 32.1 Å². The van der Waals surface area contributed by atoms with E-state index in [-0.39, 0.29) is 0 Å². The van der Waals surface area contributed by atoms with Crippen LogP contribution < -0.4 is 0 Å². The number of hydrogen-bond acceptors (Lipinski definition) is 5. The number of rotatable bonds is 4. The third kappa shape index (κ3) is 3.39. The van der Waals surface area contributed by atoms with Crippen LogP contribution in [0.4, 0.5) is 0 Å². The zero-order valence-electron chi connectivity index (χ0n) is 14.5. The Bertz CT molecular complexity index is 650. The third-order valence-electron chi connectivity index (χ3n) is 5.35. The van der Waals surface area contributed by atoms with Gasteiger partial charge in [-0.3, -0.25) is 4.90 Å². The number of piperazine rings is 1. The molecule has 1 saturated carbocycles. The van der Waals surface area contributed by atoms with Gasteiger partial charge in [0.1, 0.15) is 12.1 Å². The van der Waals surface area contributed by atoms with Crippen molar-refractivity contribution >= 4 is 0 Å². The number of nitrogens with zero attached hydrogens (tertiary/aromatic N) is 5. The largest absolute Gasteiger partial charge is 0.456 e. The average molecular weight is 329 g/mol. The first kappa shape index (κ1) is 15.8. The lowest BCUT2D eigenvalue weighted by molar-refractivity contribution is 0.140. The molecule has 130 valence electrons. The van der Waals surface area contributed by atoms with E-state index >= 15 is 0 Å². The van der Waals surface area contributed by atoms with Gasteiger partial charge in [-0.05, 0) is 32.0 Å². The molecule has 24 heavy (non-hydrogen) atoms. The zero-order valence-corrected chi connectivity index (χ0v) is 14.5. The molecule has 0 bridgehead atoms. The van der Waals surface area contributed by atoms with Gasteiger partial charge >= 0.3 is 0 Å². The molecule has 0 aromatic carbocycles. The monoisotopic (exact) mass is 329 g/mol. The predicted molar refractivity (Wildman–Crippen MR) is 92.6 cm³/mol. The van der Waals surface area contributed by atoms with Crippen molar-refractivity contribution in [1.82, 2.24) is 24.6 Å². The molecule has 0 unspecified atom stereocenters. The highest BCUT2D eigenvalue weighted by atomic mass is 16.3. The molecule has 6 nitrogen and oxygen atoms in total.